The van der Waals surface area contributed by atoms with Crippen molar-refractivity contribution in [2.24, 2.45) is 5.92 Å². The molecule has 1 N–H and O–H groups in total. The van der Waals surface area contributed by atoms with Crippen LogP contribution in [0.4, 0.5) is 4.39 Å². The average Bonchev–Trinajstić information content (AvgIpc) is 3.62. The van der Waals surface area contributed by atoms with E-state index in [-0.39, 0.29) is 29.5 Å². The van der Waals surface area contributed by atoms with Crippen molar-refractivity contribution in [2.45, 2.75) is 48.6 Å². The summed E-state index contributed by atoms with van der Waals surface area (Å²) in [6.07, 6.45) is 4.01. The van der Waals surface area contributed by atoms with Crippen molar-refractivity contribution in [3.8, 4) is 11.8 Å². The van der Waals surface area contributed by atoms with E-state index in [0.29, 0.717) is 19.0 Å². The van der Waals surface area contributed by atoms with Crippen LogP contribution >= 0.6 is 0 Å². The summed E-state index contributed by atoms with van der Waals surface area (Å²) < 4.78 is 41.5. The van der Waals surface area contributed by atoms with Gasteiger partial charge in [0.1, 0.15) is 5.82 Å². The van der Waals surface area contributed by atoms with Gasteiger partial charge in [-0.3, -0.25) is 4.90 Å². The maximum Gasteiger partial charge on any atom is 0.243 e. The van der Waals surface area contributed by atoms with Gasteiger partial charge in [-0.2, -0.15) is 4.31 Å². The Morgan fingerprint density at radius 2 is 1.70 bits per heavy atom. The van der Waals surface area contributed by atoms with E-state index in [1.165, 1.54) is 41.4 Å². The van der Waals surface area contributed by atoms with Crippen molar-refractivity contribution >= 4 is 10.0 Å². The molecule has 0 aromatic heterocycles. The number of nitrogens with zero attached hydrogens (tertiary/aromatic N) is 2. The van der Waals surface area contributed by atoms with Gasteiger partial charge in [0.05, 0.1) is 11.5 Å². The van der Waals surface area contributed by atoms with Crippen molar-refractivity contribution in [3.05, 3.63) is 65.5 Å². The van der Waals surface area contributed by atoms with Gasteiger partial charge in [0.25, 0.3) is 0 Å². The van der Waals surface area contributed by atoms with Gasteiger partial charge in [0.15, 0.2) is 0 Å². The number of halogens is 1. The number of aliphatic hydroxyl groups is 1. The van der Waals surface area contributed by atoms with Gasteiger partial charge in [0.2, 0.25) is 10.0 Å². The minimum Gasteiger partial charge on any atom is -0.395 e. The molecule has 2 aromatic carbocycles. The van der Waals surface area contributed by atoms with Crippen molar-refractivity contribution < 1.29 is 17.9 Å². The van der Waals surface area contributed by atoms with Crippen LogP contribution in [0.25, 0.3) is 0 Å². The molecule has 3 atom stereocenters. The lowest BCUT2D eigenvalue weighted by molar-refractivity contribution is -0.0553. The summed E-state index contributed by atoms with van der Waals surface area (Å²) in [7, 11) is -3.73. The van der Waals surface area contributed by atoms with Gasteiger partial charge in [-0.1, -0.05) is 24.0 Å². The van der Waals surface area contributed by atoms with E-state index in [0.717, 1.165) is 30.5 Å². The van der Waals surface area contributed by atoms with Crippen LogP contribution in [0.2, 0.25) is 0 Å². The minimum absolute atomic E-state index is 0.0129. The van der Waals surface area contributed by atoms with Crippen molar-refractivity contribution in [1.29, 1.82) is 0 Å². The molecule has 174 valence electrons. The highest BCUT2D eigenvalue weighted by Crippen LogP contribution is 2.42. The third kappa shape index (κ3) is 4.58. The SMILES string of the molecule is O=S(=O)(c1ccc(F)cc1)N1CCCCN2[C@H](C1)[C@H](c1ccc(C#CC3CC3)cc1)[C@@H]2CO. The smallest absolute Gasteiger partial charge is 0.243 e. The van der Waals surface area contributed by atoms with Crippen LogP contribution in [-0.4, -0.2) is 61.1 Å². The Kier molecular flexibility index (Phi) is 6.28. The Morgan fingerprint density at radius 3 is 2.36 bits per heavy atom. The summed E-state index contributed by atoms with van der Waals surface area (Å²) >= 11 is 0. The quantitative estimate of drug-likeness (QED) is 0.700. The predicted octanol–water partition coefficient (Wildman–Crippen LogP) is 3.20. The zero-order valence-electron chi connectivity index (χ0n) is 18.5. The van der Waals surface area contributed by atoms with Crippen molar-refractivity contribution in [3.63, 3.8) is 0 Å². The first-order valence-electron chi connectivity index (χ1n) is 11.7. The first-order chi connectivity index (χ1) is 16.0. The fourth-order valence-corrected chi connectivity index (χ4v) is 6.58. The maximum atomic E-state index is 13.4. The molecule has 3 fully saturated rings. The molecule has 2 aliphatic heterocycles. The molecule has 5 rings (SSSR count). The Hall–Kier alpha value is -2.24. The highest BCUT2D eigenvalue weighted by molar-refractivity contribution is 7.89. The van der Waals surface area contributed by atoms with Crippen LogP contribution < -0.4 is 0 Å². The van der Waals surface area contributed by atoms with Gasteiger partial charge >= 0.3 is 0 Å². The summed E-state index contributed by atoms with van der Waals surface area (Å²) in [5.41, 5.74) is 2.09. The number of hydrogen-bond donors (Lipinski definition) is 1. The van der Waals surface area contributed by atoms with Crippen LogP contribution in [-0.2, 0) is 10.0 Å². The fraction of sp³-hybridized carbons (Fsp3) is 0.462. The summed E-state index contributed by atoms with van der Waals surface area (Å²) in [5, 5.41) is 10.1. The molecule has 2 saturated heterocycles. The normalized spacial score (nSPS) is 26.3. The number of rotatable bonds is 4. The molecular weight excluding hydrogens is 439 g/mol. The second kappa shape index (κ2) is 9.19. The third-order valence-corrected chi connectivity index (χ3v) is 8.96. The lowest BCUT2D eigenvalue weighted by atomic mass is 9.74. The first-order valence-corrected chi connectivity index (χ1v) is 13.2. The van der Waals surface area contributed by atoms with E-state index in [2.05, 4.69) is 28.9 Å². The van der Waals surface area contributed by atoms with Gasteiger partial charge in [0, 0.05) is 42.6 Å². The van der Waals surface area contributed by atoms with E-state index in [1.54, 1.807) is 0 Å². The van der Waals surface area contributed by atoms with Gasteiger partial charge in [-0.25, -0.2) is 12.8 Å². The van der Waals surface area contributed by atoms with Crippen LogP contribution in [0.5, 0.6) is 0 Å². The van der Waals surface area contributed by atoms with Crippen LogP contribution in [0.3, 0.4) is 0 Å². The topological polar surface area (TPSA) is 60.9 Å². The van der Waals surface area contributed by atoms with Crippen LogP contribution in [0, 0.1) is 23.6 Å². The molecule has 0 amide bonds. The van der Waals surface area contributed by atoms with E-state index >= 15 is 0 Å². The monoisotopic (exact) mass is 468 g/mol. The third-order valence-electron chi connectivity index (χ3n) is 7.08. The maximum absolute atomic E-state index is 13.4. The molecule has 0 bridgehead atoms. The standard InChI is InChI=1S/C26H29FN2O3S/c27-22-11-13-23(14-12-22)33(31,32)28-15-1-2-16-29-24(17-28)26(25(29)18-30)21-9-7-20(8-10-21)6-5-19-3-4-19/h7-14,19,24-26,30H,1-4,15-18H2/t24-,25+,26+/m1/s1. The van der Waals surface area contributed by atoms with Crippen LogP contribution in [0.15, 0.2) is 53.4 Å². The number of benzene rings is 2. The van der Waals surface area contributed by atoms with Gasteiger partial charge < -0.3 is 5.11 Å². The minimum atomic E-state index is -3.73. The summed E-state index contributed by atoms with van der Waals surface area (Å²) in [4.78, 5) is 2.36. The van der Waals surface area contributed by atoms with Crippen molar-refractivity contribution in [2.75, 3.05) is 26.2 Å². The molecule has 7 heteroatoms. The van der Waals surface area contributed by atoms with Crippen LogP contribution in [0.1, 0.15) is 42.7 Å². The Morgan fingerprint density at radius 1 is 1.00 bits per heavy atom. The Balaban J connectivity index is 1.39. The molecule has 0 radical (unpaired) electrons. The molecule has 3 aliphatic rings. The molecule has 33 heavy (non-hydrogen) atoms. The zero-order valence-corrected chi connectivity index (χ0v) is 19.3. The zero-order chi connectivity index (χ0) is 23.0. The number of hydrogen-bond acceptors (Lipinski definition) is 4. The lowest BCUT2D eigenvalue weighted by Gasteiger charge is -2.57. The Bertz CT molecular complexity index is 1150. The number of aliphatic hydroxyl groups excluding tert-OH is 1. The second-order valence-corrected chi connectivity index (χ2v) is 11.2. The summed E-state index contributed by atoms with van der Waals surface area (Å²) in [6.45, 7) is 1.68. The lowest BCUT2D eigenvalue weighted by Crippen LogP contribution is -2.67. The molecule has 1 aliphatic carbocycles. The molecule has 0 unspecified atom stereocenters. The predicted molar refractivity (Wildman–Crippen MR) is 125 cm³/mol. The molecule has 2 aromatic rings. The highest BCUT2D eigenvalue weighted by Gasteiger charge is 2.50. The number of fused-ring (bicyclic) bond motifs is 1. The first kappa shape index (κ1) is 22.5. The van der Waals surface area contributed by atoms with E-state index in [9.17, 15) is 17.9 Å². The summed E-state index contributed by atoms with van der Waals surface area (Å²) in [5.74, 6) is 6.65. The fourth-order valence-electron chi connectivity index (χ4n) is 5.08. The summed E-state index contributed by atoms with van der Waals surface area (Å²) in [6, 6.07) is 13.2. The Labute approximate surface area is 195 Å². The average molecular weight is 469 g/mol. The van der Waals surface area contributed by atoms with Gasteiger partial charge in [-0.15, -0.1) is 0 Å². The molecule has 1 saturated carbocycles. The van der Waals surface area contributed by atoms with Crippen molar-refractivity contribution in [1.82, 2.24) is 9.21 Å². The van der Waals surface area contributed by atoms with E-state index in [1.807, 2.05) is 12.1 Å². The molecule has 5 nitrogen and oxygen atoms in total. The molecule has 2 heterocycles. The molecular formula is C26H29FN2O3S. The molecule has 0 spiro atoms. The largest absolute Gasteiger partial charge is 0.395 e. The van der Waals surface area contributed by atoms with Gasteiger partial charge in [-0.05, 0) is 74.2 Å². The number of sulfonamides is 1. The second-order valence-electron chi connectivity index (χ2n) is 9.27. The highest BCUT2D eigenvalue weighted by atomic mass is 32.2. The van der Waals surface area contributed by atoms with E-state index < -0.39 is 15.8 Å². The van der Waals surface area contributed by atoms with E-state index in [4.69, 9.17) is 0 Å².